The number of benzene rings is 2. The maximum absolute atomic E-state index is 12.6. The molecule has 0 aliphatic rings. The summed E-state index contributed by atoms with van der Waals surface area (Å²) < 4.78 is 30.2. The maximum atomic E-state index is 12.6. The Morgan fingerprint density at radius 2 is 1.68 bits per heavy atom. The lowest BCUT2D eigenvalue weighted by Gasteiger charge is -2.19. The fraction of sp³-hybridized carbons (Fsp3) is 0.278. The molecule has 2 aromatic carbocycles. The van der Waals surface area contributed by atoms with E-state index in [1.165, 1.54) is 7.05 Å². The number of rotatable bonds is 6. The lowest BCUT2D eigenvalue weighted by Crippen LogP contribution is -2.27. The molecule has 0 aliphatic carbocycles. The van der Waals surface area contributed by atoms with Gasteiger partial charge in [-0.1, -0.05) is 12.1 Å². The number of carbonyl (C=O) groups excluding carboxylic acids is 1. The van der Waals surface area contributed by atoms with Gasteiger partial charge in [0.1, 0.15) is 5.75 Å². The van der Waals surface area contributed by atoms with Gasteiger partial charge in [-0.15, -0.1) is 0 Å². The normalized spacial score (nSPS) is 11.2. The fourth-order valence-corrected chi connectivity index (χ4v) is 2.72. The summed E-state index contributed by atoms with van der Waals surface area (Å²) in [7, 11) is -2.05. The van der Waals surface area contributed by atoms with Crippen molar-refractivity contribution in [3.8, 4) is 5.75 Å². The highest BCUT2D eigenvalue weighted by Crippen LogP contribution is 2.23. The molecule has 0 aliphatic heterocycles. The van der Waals surface area contributed by atoms with E-state index in [1.807, 2.05) is 13.8 Å². The fourth-order valence-electron chi connectivity index (χ4n) is 2.21. The maximum Gasteiger partial charge on any atom is 0.257 e. The standard InChI is InChI=1S/C18H22N2O4S/c1-13(2)24-15-11-9-14(10-12-15)19-18(21)16-7-5-6-8-17(16)20(3)25(4,22)23/h5-13H,1-4H3,(H,19,21). The van der Waals surface area contributed by atoms with Gasteiger partial charge in [0.2, 0.25) is 10.0 Å². The Kier molecular flexibility index (Phi) is 5.69. The van der Waals surface area contributed by atoms with Gasteiger partial charge in [-0.3, -0.25) is 9.10 Å². The Labute approximate surface area is 148 Å². The number of ether oxygens (including phenoxy) is 1. The minimum Gasteiger partial charge on any atom is -0.491 e. The van der Waals surface area contributed by atoms with Gasteiger partial charge in [0.25, 0.3) is 5.91 Å². The van der Waals surface area contributed by atoms with E-state index in [2.05, 4.69) is 5.32 Å². The molecule has 0 unspecified atom stereocenters. The van der Waals surface area contributed by atoms with E-state index in [-0.39, 0.29) is 17.6 Å². The zero-order valence-corrected chi connectivity index (χ0v) is 15.5. The molecule has 2 aromatic rings. The molecule has 0 heterocycles. The van der Waals surface area contributed by atoms with Crippen LogP contribution >= 0.6 is 0 Å². The molecule has 2 rings (SSSR count). The first kappa shape index (κ1) is 18.8. The molecular weight excluding hydrogens is 340 g/mol. The molecule has 0 saturated heterocycles. The summed E-state index contributed by atoms with van der Waals surface area (Å²) in [4.78, 5) is 12.6. The third-order valence-electron chi connectivity index (χ3n) is 3.47. The lowest BCUT2D eigenvalue weighted by atomic mass is 10.1. The summed E-state index contributed by atoms with van der Waals surface area (Å²) in [5, 5.41) is 2.77. The summed E-state index contributed by atoms with van der Waals surface area (Å²) >= 11 is 0. The molecule has 6 nitrogen and oxygen atoms in total. The van der Waals surface area contributed by atoms with Gasteiger partial charge < -0.3 is 10.1 Å². The van der Waals surface area contributed by atoms with Gasteiger partial charge in [0.05, 0.1) is 23.6 Å². The van der Waals surface area contributed by atoms with Crippen LogP contribution in [-0.2, 0) is 10.0 Å². The van der Waals surface area contributed by atoms with Crippen molar-refractivity contribution in [1.29, 1.82) is 0 Å². The van der Waals surface area contributed by atoms with E-state index in [4.69, 9.17) is 4.74 Å². The van der Waals surface area contributed by atoms with E-state index in [9.17, 15) is 13.2 Å². The zero-order valence-electron chi connectivity index (χ0n) is 14.7. The predicted octanol–water partition coefficient (Wildman–Crippen LogP) is 3.12. The van der Waals surface area contributed by atoms with Crippen LogP contribution in [0.2, 0.25) is 0 Å². The summed E-state index contributed by atoms with van der Waals surface area (Å²) in [6, 6.07) is 13.6. The van der Waals surface area contributed by atoms with Crippen LogP contribution in [-0.4, -0.2) is 33.7 Å². The van der Waals surface area contributed by atoms with E-state index in [0.29, 0.717) is 17.1 Å². The molecule has 1 amide bonds. The molecule has 0 aromatic heterocycles. The topological polar surface area (TPSA) is 75.7 Å². The summed E-state index contributed by atoms with van der Waals surface area (Å²) in [5.74, 6) is 0.328. The summed E-state index contributed by atoms with van der Waals surface area (Å²) in [6.07, 6.45) is 1.16. The highest BCUT2D eigenvalue weighted by molar-refractivity contribution is 7.92. The average molecular weight is 362 g/mol. The molecule has 0 spiro atoms. The van der Waals surface area contributed by atoms with Gasteiger partial charge >= 0.3 is 0 Å². The average Bonchev–Trinajstić information content (AvgIpc) is 2.54. The first-order valence-electron chi connectivity index (χ1n) is 7.79. The van der Waals surface area contributed by atoms with Crippen LogP contribution in [0.15, 0.2) is 48.5 Å². The quantitative estimate of drug-likeness (QED) is 0.857. The Bertz CT molecular complexity index is 846. The number of para-hydroxylation sites is 1. The van der Waals surface area contributed by atoms with Crippen LogP contribution in [0.4, 0.5) is 11.4 Å². The van der Waals surface area contributed by atoms with E-state index >= 15 is 0 Å². The highest BCUT2D eigenvalue weighted by Gasteiger charge is 2.19. The van der Waals surface area contributed by atoms with Crippen molar-refractivity contribution in [3.05, 3.63) is 54.1 Å². The van der Waals surface area contributed by atoms with Crippen LogP contribution in [0, 0.1) is 0 Å². The third kappa shape index (κ3) is 4.96. The largest absolute Gasteiger partial charge is 0.491 e. The van der Waals surface area contributed by atoms with Crippen LogP contribution in [0.1, 0.15) is 24.2 Å². The molecule has 7 heteroatoms. The second-order valence-corrected chi connectivity index (χ2v) is 7.91. The minimum absolute atomic E-state index is 0.0684. The van der Waals surface area contributed by atoms with Gasteiger partial charge in [-0.25, -0.2) is 8.42 Å². The van der Waals surface area contributed by atoms with E-state index < -0.39 is 10.0 Å². The number of amides is 1. The zero-order chi connectivity index (χ0) is 18.6. The Morgan fingerprint density at radius 1 is 1.08 bits per heavy atom. The molecular formula is C18H22N2O4S. The monoisotopic (exact) mass is 362 g/mol. The van der Waals surface area contributed by atoms with Gasteiger partial charge in [0.15, 0.2) is 0 Å². The molecule has 25 heavy (non-hydrogen) atoms. The lowest BCUT2D eigenvalue weighted by molar-refractivity contribution is 0.102. The van der Waals surface area contributed by atoms with Crippen molar-refractivity contribution in [1.82, 2.24) is 0 Å². The van der Waals surface area contributed by atoms with Crippen molar-refractivity contribution in [2.24, 2.45) is 0 Å². The SMILES string of the molecule is CC(C)Oc1ccc(NC(=O)c2ccccc2N(C)S(C)(=O)=O)cc1. The van der Waals surface area contributed by atoms with Crippen LogP contribution < -0.4 is 14.4 Å². The third-order valence-corrected chi connectivity index (χ3v) is 4.66. The smallest absolute Gasteiger partial charge is 0.257 e. The van der Waals surface area contributed by atoms with Crippen molar-refractivity contribution in [3.63, 3.8) is 0 Å². The van der Waals surface area contributed by atoms with Crippen molar-refractivity contribution >= 4 is 27.3 Å². The molecule has 0 atom stereocenters. The van der Waals surface area contributed by atoms with Crippen molar-refractivity contribution in [2.75, 3.05) is 22.9 Å². The van der Waals surface area contributed by atoms with Crippen LogP contribution in [0.5, 0.6) is 5.75 Å². The van der Waals surface area contributed by atoms with Gasteiger partial charge in [-0.2, -0.15) is 0 Å². The molecule has 0 radical (unpaired) electrons. The van der Waals surface area contributed by atoms with Gasteiger partial charge in [-0.05, 0) is 50.2 Å². The first-order chi connectivity index (χ1) is 11.7. The van der Waals surface area contributed by atoms with Crippen molar-refractivity contribution in [2.45, 2.75) is 20.0 Å². The molecule has 134 valence electrons. The number of hydrogen-bond acceptors (Lipinski definition) is 4. The van der Waals surface area contributed by atoms with E-state index in [0.717, 1.165) is 10.6 Å². The second-order valence-electron chi connectivity index (χ2n) is 5.89. The Morgan fingerprint density at radius 3 is 2.24 bits per heavy atom. The van der Waals surface area contributed by atoms with Crippen molar-refractivity contribution < 1.29 is 17.9 Å². The molecule has 0 saturated carbocycles. The predicted molar refractivity (Wildman–Crippen MR) is 99.8 cm³/mol. The number of hydrogen-bond donors (Lipinski definition) is 1. The molecule has 1 N–H and O–H groups in total. The summed E-state index contributed by atoms with van der Waals surface area (Å²) in [5.41, 5.74) is 1.19. The molecule has 0 fully saturated rings. The summed E-state index contributed by atoms with van der Waals surface area (Å²) in [6.45, 7) is 3.87. The number of nitrogens with zero attached hydrogens (tertiary/aromatic N) is 1. The number of nitrogens with one attached hydrogen (secondary N) is 1. The van der Waals surface area contributed by atoms with Crippen LogP contribution in [0.3, 0.4) is 0 Å². The Balaban J connectivity index is 2.22. The van der Waals surface area contributed by atoms with Crippen LogP contribution in [0.25, 0.3) is 0 Å². The number of sulfonamides is 1. The minimum atomic E-state index is -3.47. The molecule has 0 bridgehead atoms. The number of anilines is 2. The number of carbonyl (C=O) groups is 1. The first-order valence-corrected chi connectivity index (χ1v) is 9.64. The second kappa shape index (κ2) is 7.57. The highest BCUT2D eigenvalue weighted by atomic mass is 32.2. The van der Waals surface area contributed by atoms with Gasteiger partial charge in [0, 0.05) is 12.7 Å². The Hall–Kier alpha value is -2.54. The van der Waals surface area contributed by atoms with E-state index in [1.54, 1.807) is 48.5 Å².